The number of aromatic nitrogens is 5. The zero-order valence-corrected chi connectivity index (χ0v) is 17.4. The van der Waals surface area contributed by atoms with Gasteiger partial charge in [0.05, 0.1) is 17.7 Å². The topological polar surface area (TPSA) is 77.6 Å². The summed E-state index contributed by atoms with van der Waals surface area (Å²) in [6.07, 6.45) is 5.46. The molecule has 4 rings (SSSR count). The zero-order chi connectivity index (χ0) is 20.2. The van der Waals surface area contributed by atoms with Crippen molar-refractivity contribution in [1.82, 2.24) is 29.9 Å². The molecule has 2 aromatic carbocycles. The molecule has 146 valence electrons. The monoisotopic (exact) mass is 450 g/mol. The van der Waals surface area contributed by atoms with Gasteiger partial charge in [-0.25, -0.2) is 9.67 Å². The summed E-state index contributed by atoms with van der Waals surface area (Å²) in [6.45, 7) is 2.99. The molecule has 0 saturated carbocycles. The second kappa shape index (κ2) is 8.40. The Labute approximate surface area is 176 Å². The van der Waals surface area contributed by atoms with Crippen molar-refractivity contribution in [1.29, 1.82) is 0 Å². The highest BCUT2D eigenvalue weighted by atomic mass is 79.9. The predicted octanol–water partition coefficient (Wildman–Crippen LogP) is 3.51. The van der Waals surface area contributed by atoms with Gasteiger partial charge in [0.2, 0.25) is 0 Å². The average Bonchev–Trinajstić information content (AvgIpc) is 3.36. The third-order valence-corrected chi connectivity index (χ3v) is 5.02. The van der Waals surface area contributed by atoms with E-state index in [1.807, 2.05) is 54.1 Å². The van der Waals surface area contributed by atoms with E-state index < -0.39 is 0 Å². The number of nitrogens with zero attached hydrogens (tertiary/aromatic N) is 5. The molecule has 4 aromatic rings. The molecule has 2 heterocycles. The molecule has 1 amide bonds. The van der Waals surface area contributed by atoms with Crippen LogP contribution in [-0.4, -0.2) is 30.5 Å². The van der Waals surface area contributed by atoms with Crippen LogP contribution in [0.4, 0.5) is 0 Å². The third kappa shape index (κ3) is 4.43. The average molecular weight is 451 g/mol. The molecule has 1 N–H and O–H groups in total. The smallest absolute Gasteiger partial charge is 0.274 e. The van der Waals surface area contributed by atoms with Crippen LogP contribution in [0.3, 0.4) is 0 Å². The third-order valence-electron chi connectivity index (χ3n) is 4.53. The van der Waals surface area contributed by atoms with Gasteiger partial charge >= 0.3 is 0 Å². The van der Waals surface area contributed by atoms with Crippen molar-refractivity contribution < 1.29 is 4.79 Å². The summed E-state index contributed by atoms with van der Waals surface area (Å²) in [5, 5.41) is 11.1. The number of carbonyl (C=O) groups is 1. The molecule has 7 nitrogen and oxygen atoms in total. The standard InChI is InChI=1S/C21H19BrN6O/c1-15-20(25-26-28(15)19-7-3-6-18(22)11-19)21(29)24-12-16-4-2-5-17(10-16)13-27-9-8-23-14-27/h2-11,14H,12-13H2,1H3,(H,24,29). The van der Waals surface area contributed by atoms with E-state index in [0.29, 0.717) is 17.9 Å². The highest BCUT2D eigenvalue weighted by Crippen LogP contribution is 2.17. The van der Waals surface area contributed by atoms with Crippen LogP contribution < -0.4 is 5.32 Å². The Morgan fingerprint density at radius 2 is 1.97 bits per heavy atom. The predicted molar refractivity (Wildman–Crippen MR) is 113 cm³/mol. The van der Waals surface area contributed by atoms with E-state index in [2.05, 4.69) is 48.7 Å². The van der Waals surface area contributed by atoms with Crippen LogP contribution >= 0.6 is 15.9 Å². The van der Waals surface area contributed by atoms with Crippen molar-refractivity contribution in [2.75, 3.05) is 0 Å². The van der Waals surface area contributed by atoms with Crippen LogP contribution in [0, 0.1) is 6.92 Å². The maximum Gasteiger partial charge on any atom is 0.274 e. The van der Waals surface area contributed by atoms with Gasteiger partial charge in [-0.15, -0.1) is 5.10 Å². The largest absolute Gasteiger partial charge is 0.347 e. The molecular weight excluding hydrogens is 432 g/mol. The number of hydrogen-bond donors (Lipinski definition) is 1. The Kier molecular flexibility index (Phi) is 5.53. The van der Waals surface area contributed by atoms with Crippen LogP contribution in [0.5, 0.6) is 0 Å². The molecule has 8 heteroatoms. The quantitative estimate of drug-likeness (QED) is 0.487. The van der Waals surface area contributed by atoms with Crippen LogP contribution in [0.25, 0.3) is 5.69 Å². The summed E-state index contributed by atoms with van der Waals surface area (Å²) in [5.41, 5.74) is 4.02. The first-order valence-corrected chi connectivity index (χ1v) is 9.89. The van der Waals surface area contributed by atoms with Gasteiger partial charge in [-0.1, -0.05) is 51.5 Å². The molecule has 0 aliphatic heterocycles. The molecule has 0 aliphatic rings. The molecular formula is C21H19BrN6O. The lowest BCUT2D eigenvalue weighted by Gasteiger charge is -2.08. The molecule has 0 saturated heterocycles. The number of carbonyl (C=O) groups excluding carboxylic acids is 1. The minimum absolute atomic E-state index is 0.247. The Morgan fingerprint density at radius 1 is 1.14 bits per heavy atom. The normalized spacial score (nSPS) is 10.8. The molecule has 2 aromatic heterocycles. The molecule has 0 fully saturated rings. The summed E-state index contributed by atoms with van der Waals surface area (Å²) < 4.78 is 4.60. The number of rotatable bonds is 6. The molecule has 0 bridgehead atoms. The number of benzene rings is 2. The molecule has 0 spiro atoms. The summed E-state index contributed by atoms with van der Waals surface area (Å²) in [4.78, 5) is 16.7. The zero-order valence-electron chi connectivity index (χ0n) is 15.8. The van der Waals surface area contributed by atoms with Crippen molar-refractivity contribution >= 4 is 21.8 Å². The molecule has 0 unspecified atom stereocenters. The van der Waals surface area contributed by atoms with Gasteiger partial charge < -0.3 is 9.88 Å². The minimum Gasteiger partial charge on any atom is -0.347 e. The highest BCUT2D eigenvalue weighted by Gasteiger charge is 2.17. The first kappa shape index (κ1) is 19.1. The summed E-state index contributed by atoms with van der Waals surface area (Å²) >= 11 is 3.45. The fourth-order valence-electron chi connectivity index (χ4n) is 3.09. The van der Waals surface area contributed by atoms with Gasteiger partial charge in [0, 0.05) is 30.0 Å². The molecule has 29 heavy (non-hydrogen) atoms. The first-order chi connectivity index (χ1) is 14.1. The van der Waals surface area contributed by atoms with E-state index >= 15 is 0 Å². The number of imidazole rings is 1. The second-order valence-corrected chi connectivity index (χ2v) is 7.57. The SMILES string of the molecule is Cc1c(C(=O)NCc2cccc(Cn3ccnc3)c2)nnn1-c1cccc(Br)c1. The first-order valence-electron chi connectivity index (χ1n) is 9.10. The van der Waals surface area contributed by atoms with Gasteiger partial charge in [-0.2, -0.15) is 0 Å². The summed E-state index contributed by atoms with van der Waals surface area (Å²) in [5.74, 6) is -0.247. The fraction of sp³-hybridized carbons (Fsp3) is 0.143. The van der Waals surface area contributed by atoms with Crippen LogP contribution in [0.1, 0.15) is 27.3 Å². The summed E-state index contributed by atoms with van der Waals surface area (Å²) in [7, 11) is 0. The molecule has 0 radical (unpaired) electrons. The van der Waals surface area contributed by atoms with Gasteiger partial charge in [0.25, 0.3) is 5.91 Å². The second-order valence-electron chi connectivity index (χ2n) is 6.65. The number of nitrogens with one attached hydrogen (secondary N) is 1. The van der Waals surface area contributed by atoms with Crippen molar-refractivity contribution in [3.8, 4) is 5.69 Å². The lowest BCUT2D eigenvalue weighted by molar-refractivity contribution is 0.0945. The molecule has 0 aliphatic carbocycles. The van der Waals surface area contributed by atoms with E-state index in [9.17, 15) is 4.79 Å². The van der Waals surface area contributed by atoms with Gasteiger partial charge in [0.1, 0.15) is 0 Å². The number of amides is 1. The van der Waals surface area contributed by atoms with Gasteiger partial charge in [0.15, 0.2) is 5.69 Å². The van der Waals surface area contributed by atoms with Crippen LogP contribution in [0.2, 0.25) is 0 Å². The van der Waals surface area contributed by atoms with Crippen molar-refractivity contribution in [3.05, 3.63) is 94.2 Å². The Bertz CT molecular complexity index is 1140. The lowest BCUT2D eigenvalue weighted by Crippen LogP contribution is -2.24. The van der Waals surface area contributed by atoms with Gasteiger partial charge in [-0.05, 0) is 36.2 Å². The van der Waals surface area contributed by atoms with E-state index in [-0.39, 0.29) is 5.91 Å². The van der Waals surface area contributed by atoms with Crippen molar-refractivity contribution in [3.63, 3.8) is 0 Å². The maximum absolute atomic E-state index is 12.6. The van der Waals surface area contributed by atoms with E-state index in [1.165, 1.54) is 0 Å². The van der Waals surface area contributed by atoms with Crippen molar-refractivity contribution in [2.24, 2.45) is 0 Å². The minimum atomic E-state index is -0.247. The van der Waals surface area contributed by atoms with Crippen LogP contribution in [-0.2, 0) is 13.1 Å². The lowest BCUT2D eigenvalue weighted by atomic mass is 10.1. The maximum atomic E-state index is 12.6. The number of halogens is 1. The Hall–Kier alpha value is -3.26. The number of hydrogen-bond acceptors (Lipinski definition) is 4. The fourth-order valence-corrected chi connectivity index (χ4v) is 3.47. The van der Waals surface area contributed by atoms with Crippen molar-refractivity contribution in [2.45, 2.75) is 20.0 Å². The van der Waals surface area contributed by atoms with Gasteiger partial charge in [-0.3, -0.25) is 4.79 Å². The van der Waals surface area contributed by atoms with E-state index in [0.717, 1.165) is 27.8 Å². The van der Waals surface area contributed by atoms with E-state index in [4.69, 9.17) is 0 Å². The van der Waals surface area contributed by atoms with E-state index in [1.54, 1.807) is 17.2 Å². The van der Waals surface area contributed by atoms with Crippen LogP contribution in [0.15, 0.2) is 71.7 Å². The Morgan fingerprint density at radius 3 is 2.76 bits per heavy atom. The highest BCUT2D eigenvalue weighted by molar-refractivity contribution is 9.10. The Balaban J connectivity index is 1.44. The summed E-state index contributed by atoms with van der Waals surface area (Å²) in [6, 6.07) is 15.8. The molecule has 0 atom stereocenters.